The van der Waals surface area contributed by atoms with Crippen LogP contribution >= 0.6 is 0 Å². The van der Waals surface area contributed by atoms with Crippen LogP contribution in [0, 0.1) is 5.82 Å². The molecule has 160 valence electrons. The summed E-state index contributed by atoms with van der Waals surface area (Å²) in [6.45, 7) is 1.78. The van der Waals surface area contributed by atoms with Gasteiger partial charge >= 0.3 is 0 Å². The van der Waals surface area contributed by atoms with Crippen LogP contribution in [0.4, 0.5) is 15.9 Å². The van der Waals surface area contributed by atoms with Crippen molar-refractivity contribution in [3.05, 3.63) is 71.2 Å². The number of nitrogens with two attached hydrogens (primary N) is 1. The molecule has 0 saturated heterocycles. The van der Waals surface area contributed by atoms with Crippen molar-refractivity contribution in [2.45, 2.75) is 24.3 Å². The minimum atomic E-state index is -4.07. The van der Waals surface area contributed by atoms with E-state index in [1.54, 1.807) is 19.1 Å². The molecule has 0 spiro atoms. The van der Waals surface area contributed by atoms with Crippen molar-refractivity contribution in [3.63, 3.8) is 0 Å². The van der Waals surface area contributed by atoms with Gasteiger partial charge < -0.3 is 11.1 Å². The summed E-state index contributed by atoms with van der Waals surface area (Å²) in [6.07, 6.45) is 1.65. The van der Waals surface area contributed by atoms with Crippen LogP contribution in [0.25, 0.3) is 0 Å². The van der Waals surface area contributed by atoms with Gasteiger partial charge in [-0.25, -0.2) is 12.8 Å². The maximum Gasteiger partial charge on any atom is 0.264 e. The Labute approximate surface area is 177 Å². The zero-order chi connectivity index (χ0) is 22.3. The fraction of sp³-hybridized carbons (Fsp3) is 0.150. The lowest BCUT2D eigenvalue weighted by Crippen LogP contribution is -2.35. The fourth-order valence-electron chi connectivity index (χ4n) is 3.60. The van der Waals surface area contributed by atoms with Crippen LogP contribution in [0.5, 0.6) is 0 Å². The van der Waals surface area contributed by atoms with E-state index in [2.05, 4.69) is 15.5 Å². The number of amides is 2. The molecule has 0 aliphatic carbocycles. The zero-order valence-corrected chi connectivity index (χ0v) is 17.1. The molecule has 0 radical (unpaired) electrons. The summed E-state index contributed by atoms with van der Waals surface area (Å²) in [5.74, 6) is -2.85. The third-order valence-corrected chi connectivity index (χ3v) is 6.95. The number of carbonyl (C=O) groups excluding carboxylic acids is 2. The van der Waals surface area contributed by atoms with Gasteiger partial charge in [-0.2, -0.15) is 5.10 Å². The quantitative estimate of drug-likeness (QED) is 0.554. The third-order valence-electron chi connectivity index (χ3n) is 5.03. The van der Waals surface area contributed by atoms with Gasteiger partial charge in [0.2, 0.25) is 0 Å². The van der Waals surface area contributed by atoms with E-state index in [0.717, 1.165) is 30.0 Å². The van der Waals surface area contributed by atoms with Gasteiger partial charge in [-0.3, -0.25) is 19.0 Å². The number of H-pyrrole nitrogens is 1. The van der Waals surface area contributed by atoms with E-state index in [1.165, 1.54) is 4.31 Å². The monoisotopic (exact) mass is 443 g/mol. The third kappa shape index (κ3) is 3.52. The number of sulfonamides is 1. The van der Waals surface area contributed by atoms with Gasteiger partial charge in [0, 0.05) is 6.04 Å². The Morgan fingerprint density at radius 3 is 2.71 bits per heavy atom. The second-order valence-corrected chi connectivity index (χ2v) is 8.92. The largest absolute Gasteiger partial charge is 0.365 e. The maximum atomic E-state index is 14.4. The SMILES string of the molecule is CC1Cc2ccccc2N1S(=O)(=O)c1ccc(F)c(C(=O)Nc2[nH]ncc2C(N)=O)c1. The van der Waals surface area contributed by atoms with Gasteiger partial charge in [-0.1, -0.05) is 18.2 Å². The molecule has 1 unspecified atom stereocenters. The number of carbonyl (C=O) groups is 2. The van der Waals surface area contributed by atoms with Crippen LogP contribution in [-0.4, -0.2) is 36.5 Å². The lowest BCUT2D eigenvalue weighted by molar-refractivity contribution is 0.100. The normalized spacial score (nSPS) is 15.5. The van der Waals surface area contributed by atoms with Crippen LogP contribution in [0.15, 0.2) is 53.6 Å². The summed E-state index contributed by atoms with van der Waals surface area (Å²) in [5.41, 5.74) is 6.03. The molecule has 4 N–H and O–H groups in total. The minimum absolute atomic E-state index is 0.0972. The Morgan fingerprint density at radius 2 is 1.97 bits per heavy atom. The fourth-order valence-corrected chi connectivity index (χ4v) is 5.32. The summed E-state index contributed by atoms with van der Waals surface area (Å²) in [4.78, 5) is 23.8. The Bertz CT molecular complexity index is 1300. The molecule has 1 aromatic heterocycles. The Kier molecular flexibility index (Phi) is 4.97. The van der Waals surface area contributed by atoms with E-state index < -0.39 is 33.2 Å². The van der Waals surface area contributed by atoms with Gasteiger partial charge in [0.15, 0.2) is 0 Å². The molecular weight excluding hydrogens is 425 g/mol. The van der Waals surface area contributed by atoms with Crippen molar-refractivity contribution in [3.8, 4) is 0 Å². The number of nitrogens with one attached hydrogen (secondary N) is 2. The number of nitrogens with zero attached hydrogens (tertiary/aromatic N) is 2. The molecule has 9 nitrogen and oxygen atoms in total. The Hall–Kier alpha value is -3.73. The first-order valence-electron chi connectivity index (χ1n) is 9.26. The number of fused-ring (bicyclic) bond motifs is 1. The molecule has 0 saturated carbocycles. The number of benzene rings is 2. The van der Waals surface area contributed by atoms with E-state index >= 15 is 0 Å². The molecule has 2 aromatic carbocycles. The van der Waals surface area contributed by atoms with Gasteiger partial charge in [-0.05, 0) is 43.2 Å². The molecule has 0 bridgehead atoms. The van der Waals surface area contributed by atoms with Crippen LogP contribution in [0.2, 0.25) is 0 Å². The van der Waals surface area contributed by atoms with Crippen molar-refractivity contribution < 1.29 is 22.4 Å². The highest BCUT2D eigenvalue weighted by Gasteiger charge is 2.36. The van der Waals surface area contributed by atoms with Crippen LogP contribution in [0.1, 0.15) is 33.2 Å². The van der Waals surface area contributed by atoms with Crippen molar-refractivity contribution in [2.75, 3.05) is 9.62 Å². The summed E-state index contributed by atoms with van der Waals surface area (Å²) >= 11 is 0. The van der Waals surface area contributed by atoms with Gasteiger partial charge in [0.1, 0.15) is 17.2 Å². The van der Waals surface area contributed by atoms with Crippen LogP contribution in [-0.2, 0) is 16.4 Å². The van der Waals surface area contributed by atoms with Gasteiger partial charge in [0.05, 0.1) is 22.3 Å². The highest BCUT2D eigenvalue weighted by atomic mass is 32.2. The molecule has 4 rings (SSSR count). The molecule has 3 aromatic rings. The smallest absolute Gasteiger partial charge is 0.264 e. The molecule has 1 atom stereocenters. The number of para-hydroxylation sites is 1. The number of hydrogen-bond donors (Lipinski definition) is 3. The maximum absolute atomic E-state index is 14.4. The summed E-state index contributed by atoms with van der Waals surface area (Å²) < 4.78 is 42.4. The average molecular weight is 443 g/mol. The highest BCUT2D eigenvalue weighted by Crippen LogP contribution is 2.36. The minimum Gasteiger partial charge on any atom is -0.365 e. The predicted octanol–water partition coefficient (Wildman–Crippen LogP) is 2.04. The van der Waals surface area contributed by atoms with Crippen LogP contribution in [0.3, 0.4) is 0 Å². The molecule has 11 heteroatoms. The number of aromatic amines is 1. The molecule has 31 heavy (non-hydrogen) atoms. The summed E-state index contributed by atoms with van der Waals surface area (Å²) in [7, 11) is -4.07. The van der Waals surface area contributed by atoms with E-state index in [-0.39, 0.29) is 22.3 Å². The number of hydrogen-bond acceptors (Lipinski definition) is 5. The Morgan fingerprint density at radius 1 is 1.23 bits per heavy atom. The first-order valence-corrected chi connectivity index (χ1v) is 10.7. The zero-order valence-electron chi connectivity index (χ0n) is 16.3. The summed E-state index contributed by atoms with van der Waals surface area (Å²) in [6, 6.07) is 9.78. The van der Waals surface area contributed by atoms with Gasteiger partial charge in [0.25, 0.3) is 21.8 Å². The number of aromatic nitrogens is 2. The average Bonchev–Trinajstić information content (AvgIpc) is 3.31. The van der Waals surface area contributed by atoms with Crippen molar-refractivity contribution in [1.29, 1.82) is 0 Å². The van der Waals surface area contributed by atoms with Crippen LogP contribution < -0.4 is 15.4 Å². The van der Waals surface area contributed by atoms with Crippen molar-refractivity contribution >= 4 is 33.3 Å². The van der Waals surface area contributed by atoms with Crippen molar-refractivity contribution in [1.82, 2.24) is 10.2 Å². The van der Waals surface area contributed by atoms with E-state index in [4.69, 9.17) is 5.73 Å². The van der Waals surface area contributed by atoms with Crippen molar-refractivity contribution in [2.24, 2.45) is 5.73 Å². The Balaban J connectivity index is 1.70. The van der Waals surface area contributed by atoms with E-state index in [0.29, 0.717) is 12.1 Å². The number of anilines is 2. The van der Waals surface area contributed by atoms with Gasteiger partial charge in [-0.15, -0.1) is 0 Å². The second-order valence-electron chi connectivity index (χ2n) is 7.10. The first-order chi connectivity index (χ1) is 14.7. The number of halogens is 1. The molecule has 2 heterocycles. The lowest BCUT2D eigenvalue weighted by Gasteiger charge is -2.24. The molecule has 1 aliphatic rings. The second kappa shape index (κ2) is 7.51. The lowest BCUT2D eigenvalue weighted by atomic mass is 10.1. The van der Waals surface area contributed by atoms with E-state index in [9.17, 15) is 22.4 Å². The summed E-state index contributed by atoms with van der Waals surface area (Å²) in [5, 5.41) is 8.29. The predicted molar refractivity (Wildman–Crippen MR) is 111 cm³/mol. The number of rotatable bonds is 5. The highest BCUT2D eigenvalue weighted by molar-refractivity contribution is 7.92. The first kappa shape index (κ1) is 20.5. The topological polar surface area (TPSA) is 138 Å². The van der Waals surface area contributed by atoms with E-state index in [1.807, 2.05) is 12.1 Å². The molecule has 1 aliphatic heterocycles. The molecule has 2 amide bonds. The molecular formula is C20H18FN5O4S. The standard InChI is InChI=1S/C20H18FN5O4S/c1-11-8-12-4-2-3-5-17(12)26(11)31(29,30)13-6-7-16(21)14(9-13)20(28)24-19-15(18(22)27)10-23-25-19/h2-7,9-11H,8H2,1H3,(H2,22,27)(H2,23,24,25,28). The number of primary amides is 1. The molecule has 0 fully saturated rings.